The molecule has 1 saturated heterocycles. The minimum Gasteiger partial charge on any atom is -0.351 e. The molecule has 0 bridgehead atoms. The van der Waals surface area contributed by atoms with E-state index in [0.717, 1.165) is 65.8 Å². The molecule has 1 aliphatic heterocycles. The summed E-state index contributed by atoms with van der Waals surface area (Å²) in [4.78, 5) is 26.6. The van der Waals surface area contributed by atoms with Crippen LogP contribution in [0.3, 0.4) is 0 Å². The second-order valence-electron chi connectivity index (χ2n) is 8.31. The molecule has 0 radical (unpaired) electrons. The van der Waals surface area contributed by atoms with Gasteiger partial charge in [-0.05, 0) is 50.5 Å². The van der Waals surface area contributed by atoms with E-state index >= 15 is 0 Å². The van der Waals surface area contributed by atoms with Gasteiger partial charge < -0.3 is 20.1 Å². The maximum absolute atomic E-state index is 12.5. The monoisotopic (exact) mass is 478 g/mol. The fourth-order valence-electron chi connectivity index (χ4n) is 3.94. The smallest absolute Gasteiger partial charge is 0.321 e. The lowest BCUT2D eigenvalue weighted by molar-refractivity contribution is -0.118. The number of nitrogens with one attached hydrogen (secondary N) is 2. The number of amides is 3. The van der Waals surface area contributed by atoms with Gasteiger partial charge in [-0.3, -0.25) is 4.79 Å². The van der Waals surface area contributed by atoms with E-state index in [2.05, 4.69) is 26.9 Å². The van der Waals surface area contributed by atoms with Crippen LogP contribution in [0.4, 0.5) is 10.5 Å². The minimum absolute atomic E-state index is 0.0693. The molecule has 178 valence electrons. The van der Waals surface area contributed by atoms with Crippen LogP contribution < -0.4 is 10.6 Å². The van der Waals surface area contributed by atoms with Crippen LogP contribution in [0, 0.1) is 6.92 Å². The molecule has 8 nitrogen and oxygen atoms in total. The Morgan fingerprint density at radius 3 is 2.62 bits per heavy atom. The van der Waals surface area contributed by atoms with Crippen LogP contribution in [0.5, 0.6) is 0 Å². The molecule has 4 rings (SSSR count). The van der Waals surface area contributed by atoms with E-state index in [-0.39, 0.29) is 17.7 Å². The zero-order valence-electron chi connectivity index (χ0n) is 19.6. The Hall–Kier alpha value is -3.33. The summed E-state index contributed by atoms with van der Waals surface area (Å²) in [7, 11) is 0. The largest absolute Gasteiger partial charge is 0.351 e. The van der Waals surface area contributed by atoms with Crippen LogP contribution in [-0.2, 0) is 17.9 Å². The first-order chi connectivity index (χ1) is 16.5. The maximum atomic E-state index is 12.5. The first-order valence-electron chi connectivity index (χ1n) is 11.6. The molecular formula is C25H30N6O2S. The summed E-state index contributed by atoms with van der Waals surface area (Å²) in [6, 6.07) is 15.7. The molecule has 34 heavy (non-hydrogen) atoms. The molecule has 1 aromatic heterocycles. The van der Waals surface area contributed by atoms with E-state index in [9.17, 15) is 9.59 Å². The molecule has 2 aromatic carbocycles. The summed E-state index contributed by atoms with van der Waals surface area (Å²) >= 11 is 1.38. The molecule has 0 saturated carbocycles. The van der Waals surface area contributed by atoms with Gasteiger partial charge in [0.15, 0.2) is 11.0 Å². The number of rotatable bonds is 8. The van der Waals surface area contributed by atoms with Crippen molar-refractivity contribution in [2.45, 2.75) is 44.9 Å². The topological polar surface area (TPSA) is 92.2 Å². The van der Waals surface area contributed by atoms with Crippen molar-refractivity contribution in [2.75, 3.05) is 24.2 Å². The summed E-state index contributed by atoms with van der Waals surface area (Å²) in [6.07, 6.45) is 2.11. The van der Waals surface area contributed by atoms with Gasteiger partial charge in [0.1, 0.15) is 0 Å². The Kier molecular flexibility index (Phi) is 7.84. The van der Waals surface area contributed by atoms with Crippen LogP contribution >= 0.6 is 11.8 Å². The van der Waals surface area contributed by atoms with E-state index in [1.54, 1.807) is 0 Å². The third-order valence-corrected chi connectivity index (χ3v) is 6.67. The van der Waals surface area contributed by atoms with Crippen molar-refractivity contribution in [1.29, 1.82) is 0 Å². The van der Waals surface area contributed by atoms with Gasteiger partial charge in [-0.25, -0.2) is 4.79 Å². The van der Waals surface area contributed by atoms with Gasteiger partial charge in [-0.1, -0.05) is 47.7 Å². The quantitative estimate of drug-likeness (QED) is 0.471. The number of urea groups is 1. The van der Waals surface area contributed by atoms with Gasteiger partial charge in [0, 0.05) is 37.4 Å². The van der Waals surface area contributed by atoms with Gasteiger partial charge in [0.05, 0.1) is 5.75 Å². The van der Waals surface area contributed by atoms with Crippen LogP contribution in [0.15, 0.2) is 53.7 Å². The molecule has 2 N–H and O–H groups in total. The Labute approximate surface area is 204 Å². The zero-order valence-corrected chi connectivity index (χ0v) is 20.4. The highest BCUT2D eigenvalue weighted by atomic mass is 32.2. The third kappa shape index (κ3) is 5.96. The molecule has 0 atom stereocenters. The first kappa shape index (κ1) is 23.8. The van der Waals surface area contributed by atoms with Crippen molar-refractivity contribution in [3.8, 4) is 11.4 Å². The predicted octanol–water partition coefficient (Wildman–Crippen LogP) is 4.31. The molecule has 2 heterocycles. The minimum atomic E-state index is -0.0840. The molecule has 1 fully saturated rings. The van der Waals surface area contributed by atoms with Crippen LogP contribution in [-0.4, -0.2) is 50.4 Å². The van der Waals surface area contributed by atoms with Crippen LogP contribution in [0.1, 0.15) is 30.9 Å². The number of nitrogens with zero attached hydrogens (tertiary/aromatic N) is 4. The summed E-state index contributed by atoms with van der Waals surface area (Å²) < 4.78 is 2.03. The molecule has 0 aliphatic carbocycles. The van der Waals surface area contributed by atoms with E-state index in [4.69, 9.17) is 0 Å². The number of anilines is 1. The first-order valence-corrected chi connectivity index (χ1v) is 12.6. The number of likely N-dealkylation sites (tertiary alicyclic amines) is 1. The molecule has 9 heteroatoms. The average Bonchev–Trinajstić information content (AvgIpc) is 3.52. The van der Waals surface area contributed by atoms with Gasteiger partial charge in [-0.15, -0.1) is 10.2 Å². The maximum Gasteiger partial charge on any atom is 0.321 e. The van der Waals surface area contributed by atoms with Crippen LogP contribution in [0.2, 0.25) is 0 Å². The second-order valence-corrected chi connectivity index (χ2v) is 9.25. The highest BCUT2D eigenvalue weighted by Crippen LogP contribution is 2.24. The van der Waals surface area contributed by atoms with Gasteiger partial charge >= 0.3 is 6.03 Å². The molecule has 0 unspecified atom stereocenters. The van der Waals surface area contributed by atoms with Gasteiger partial charge in [0.25, 0.3) is 0 Å². The number of hydrogen-bond donors (Lipinski definition) is 2. The van der Waals surface area contributed by atoms with E-state index in [1.807, 2.05) is 65.8 Å². The van der Waals surface area contributed by atoms with Crippen molar-refractivity contribution >= 4 is 29.4 Å². The van der Waals surface area contributed by atoms with E-state index < -0.39 is 0 Å². The summed E-state index contributed by atoms with van der Waals surface area (Å²) in [5, 5.41) is 15.3. The fraction of sp³-hybridized carbons (Fsp3) is 0.360. The summed E-state index contributed by atoms with van der Waals surface area (Å²) in [5.41, 5.74) is 3.84. The molecule has 3 aromatic rings. The normalized spacial score (nSPS) is 13.2. The lowest BCUT2D eigenvalue weighted by Gasteiger charge is -2.16. The van der Waals surface area contributed by atoms with Crippen molar-refractivity contribution in [3.05, 3.63) is 59.7 Å². The number of thioether (sulfide) groups is 1. The molecule has 1 aliphatic rings. The lowest BCUT2D eigenvalue weighted by atomic mass is 10.1. The lowest BCUT2D eigenvalue weighted by Crippen LogP contribution is -2.32. The van der Waals surface area contributed by atoms with Crippen molar-refractivity contribution in [1.82, 2.24) is 25.0 Å². The number of aryl methyl sites for hydroxylation is 1. The number of aromatic nitrogens is 3. The van der Waals surface area contributed by atoms with E-state index in [0.29, 0.717) is 6.54 Å². The third-order valence-electron chi connectivity index (χ3n) is 5.70. The second kappa shape index (κ2) is 11.2. The number of hydrogen-bond acceptors (Lipinski definition) is 5. The Morgan fingerprint density at radius 2 is 1.85 bits per heavy atom. The Morgan fingerprint density at radius 1 is 1.06 bits per heavy atom. The molecular weight excluding hydrogens is 448 g/mol. The highest BCUT2D eigenvalue weighted by molar-refractivity contribution is 7.99. The highest BCUT2D eigenvalue weighted by Gasteiger charge is 2.18. The number of benzene rings is 2. The Bertz CT molecular complexity index is 1160. The zero-order chi connectivity index (χ0) is 23.9. The molecule has 3 amide bonds. The standard InChI is InChI=1S/C25H30N6O2S/c1-3-31-23(20-10-6-8-18(2)14-20)28-29-25(31)34-17-22(32)26-16-19-9-7-11-21(15-19)27-24(33)30-12-4-5-13-30/h6-11,14-15H,3-5,12-13,16-17H2,1-2H3,(H,26,32)(H,27,33). The van der Waals surface area contributed by atoms with Gasteiger partial charge in [0.2, 0.25) is 5.91 Å². The van der Waals surface area contributed by atoms with Crippen molar-refractivity contribution < 1.29 is 9.59 Å². The SMILES string of the molecule is CCn1c(SCC(=O)NCc2cccc(NC(=O)N3CCCC3)c2)nnc1-c1cccc(C)c1. The predicted molar refractivity (Wildman–Crippen MR) is 135 cm³/mol. The van der Waals surface area contributed by atoms with E-state index in [1.165, 1.54) is 11.8 Å². The summed E-state index contributed by atoms with van der Waals surface area (Å²) in [5.74, 6) is 0.971. The van der Waals surface area contributed by atoms with Crippen molar-refractivity contribution in [2.24, 2.45) is 0 Å². The number of carbonyl (C=O) groups excluding carboxylic acids is 2. The Balaban J connectivity index is 1.30. The van der Waals surface area contributed by atoms with Gasteiger partial charge in [-0.2, -0.15) is 0 Å². The van der Waals surface area contributed by atoms with Crippen molar-refractivity contribution in [3.63, 3.8) is 0 Å². The summed E-state index contributed by atoms with van der Waals surface area (Å²) in [6.45, 7) is 6.81. The number of carbonyl (C=O) groups is 2. The average molecular weight is 479 g/mol. The fourth-order valence-corrected chi connectivity index (χ4v) is 4.77. The molecule has 0 spiro atoms. The van der Waals surface area contributed by atoms with Crippen LogP contribution in [0.25, 0.3) is 11.4 Å².